The maximum Gasteiger partial charge on any atom is 0.416 e. The zero-order valence-electron chi connectivity index (χ0n) is 9.46. The summed E-state index contributed by atoms with van der Waals surface area (Å²) >= 11 is 0. The van der Waals surface area contributed by atoms with Crippen LogP contribution in [0.5, 0.6) is 0 Å². The molecule has 0 spiro atoms. The molecule has 0 aliphatic heterocycles. The van der Waals surface area contributed by atoms with Gasteiger partial charge < -0.3 is 10.2 Å². The van der Waals surface area contributed by atoms with E-state index in [9.17, 15) is 13.2 Å². The number of aliphatic hydroxyl groups is 2. The molecule has 0 fully saturated rings. The van der Waals surface area contributed by atoms with Gasteiger partial charge in [-0.1, -0.05) is 19.1 Å². The number of hydrogen-bond acceptors (Lipinski definition) is 2. The molecule has 0 aliphatic carbocycles. The summed E-state index contributed by atoms with van der Waals surface area (Å²) in [5.41, 5.74) is -0.751. The van der Waals surface area contributed by atoms with Crippen LogP contribution in [0.15, 0.2) is 24.3 Å². The Morgan fingerprint density at radius 3 is 1.82 bits per heavy atom. The van der Waals surface area contributed by atoms with Gasteiger partial charge in [-0.2, -0.15) is 13.2 Å². The highest BCUT2D eigenvalue weighted by Gasteiger charge is 2.30. The van der Waals surface area contributed by atoms with Crippen LogP contribution >= 0.6 is 0 Å². The van der Waals surface area contributed by atoms with Crippen LogP contribution in [0.3, 0.4) is 0 Å². The normalized spacial score (nSPS) is 12.8. The van der Waals surface area contributed by atoms with Crippen LogP contribution in [0.4, 0.5) is 13.2 Å². The van der Waals surface area contributed by atoms with Gasteiger partial charge in [0.15, 0.2) is 0 Å². The molecule has 0 bridgehead atoms. The van der Waals surface area contributed by atoms with Crippen molar-refractivity contribution >= 4 is 0 Å². The van der Waals surface area contributed by atoms with Gasteiger partial charge in [0, 0.05) is 5.41 Å². The number of alkyl halides is 3. The highest BCUT2D eigenvalue weighted by Crippen LogP contribution is 2.30. The van der Waals surface area contributed by atoms with E-state index < -0.39 is 17.2 Å². The average molecular weight is 248 g/mol. The second-order valence-corrected chi connectivity index (χ2v) is 4.50. The standard InChI is InChI=1S/C12H15F3O2/c1-11(7-16,8-17)6-9-2-4-10(5-3-9)12(13,14)15/h2-5,16-17H,6-8H2,1H3. The highest BCUT2D eigenvalue weighted by atomic mass is 19.4. The Morgan fingerprint density at radius 1 is 1.00 bits per heavy atom. The molecular formula is C12H15F3O2. The monoisotopic (exact) mass is 248 g/mol. The Labute approximate surface area is 97.7 Å². The first-order chi connectivity index (χ1) is 7.80. The summed E-state index contributed by atoms with van der Waals surface area (Å²) in [7, 11) is 0. The summed E-state index contributed by atoms with van der Waals surface area (Å²) in [6.07, 6.45) is -4.01. The molecular weight excluding hydrogens is 233 g/mol. The van der Waals surface area contributed by atoms with Crippen molar-refractivity contribution in [1.29, 1.82) is 0 Å². The molecule has 96 valence electrons. The minimum absolute atomic E-state index is 0.218. The van der Waals surface area contributed by atoms with Crippen molar-refractivity contribution in [3.63, 3.8) is 0 Å². The summed E-state index contributed by atoms with van der Waals surface area (Å²) in [6.45, 7) is 1.24. The van der Waals surface area contributed by atoms with Crippen molar-refractivity contribution in [2.75, 3.05) is 13.2 Å². The first kappa shape index (κ1) is 14.0. The van der Waals surface area contributed by atoms with E-state index in [1.165, 1.54) is 12.1 Å². The molecule has 0 heterocycles. The van der Waals surface area contributed by atoms with E-state index in [4.69, 9.17) is 10.2 Å². The molecule has 0 radical (unpaired) electrons. The first-order valence-corrected chi connectivity index (χ1v) is 5.18. The molecule has 2 N–H and O–H groups in total. The zero-order valence-corrected chi connectivity index (χ0v) is 9.46. The van der Waals surface area contributed by atoms with Crippen LogP contribution in [-0.2, 0) is 12.6 Å². The third kappa shape index (κ3) is 3.71. The Morgan fingerprint density at radius 2 is 1.47 bits per heavy atom. The number of hydrogen-bond donors (Lipinski definition) is 2. The van der Waals surface area contributed by atoms with Crippen LogP contribution in [-0.4, -0.2) is 23.4 Å². The lowest BCUT2D eigenvalue weighted by Gasteiger charge is -2.24. The SMILES string of the molecule is CC(CO)(CO)Cc1ccc(C(F)(F)F)cc1. The molecule has 1 rings (SSSR count). The van der Waals surface area contributed by atoms with Crippen LogP contribution in [0.1, 0.15) is 18.1 Å². The maximum absolute atomic E-state index is 12.3. The fourth-order valence-corrected chi connectivity index (χ4v) is 1.47. The minimum Gasteiger partial charge on any atom is -0.396 e. The molecule has 0 saturated heterocycles. The van der Waals surface area contributed by atoms with E-state index in [1.54, 1.807) is 6.92 Å². The van der Waals surface area contributed by atoms with Gasteiger partial charge in [0.2, 0.25) is 0 Å². The summed E-state index contributed by atoms with van der Waals surface area (Å²) in [5.74, 6) is 0. The zero-order chi connectivity index (χ0) is 13.1. The molecule has 0 aromatic heterocycles. The predicted molar refractivity (Wildman–Crippen MR) is 57.4 cm³/mol. The summed E-state index contributed by atoms with van der Waals surface area (Å²) in [6, 6.07) is 4.74. The number of rotatable bonds is 4. The lowest BCUT2D eigenvalue weighted by atomic mass is 9.85. The van der Waals surface area contributed by atoms with Crippen LogP contribution in [0.2, 0.25) is 0 Å². The predicted octanol–water partition coefficient (Wildman–Crippen LogP) is 2.24. The number of benzene rings is 1. The van der Waals surface area contributed by atoms with Gasteiger partial charge in [-0.25, -0.2) is 0 Å². The van der Waals surface area contributed by atoms with E-state index in [2.05, 4.69) is 0 Å². The third-order valence-corrected chi connectivity index (χ3v) is 2.68. The van der Waals surface area contributed by atoms with Crippen LogP contribution < -0.4 is 0 Å². The van der Waals surface area contributed by atoms with E-state index >= 15 is 0 Å². The van der Waals surface area contributed by atoms with E-state index in [-0.39, 0.29) is 13.2 Å². The lowest BCUT2D eigenvalue weighted by Crippen LogP contribution is -2.28. The smallest absolute Gasteiger partial charge is 0.396 e. The molecule has 0 saturated carbocycles. The Kier molecular flexibility index (Phi) is 4.16. The summed E-state index contributed by atoms with van der Waals surface area (Å²) in [4.78, 5) is 0. The van der Waals surface area contributed by atoms with Gasteiger partial charge in [0.05, 0.1) is 18.8 Å². The van der Waals surface area contributed by atoms with Gasteiger partial charge in [-0.15, -0.1) is 0 Å². The van der Waals surface area contributed by atoms with Crippen molar-refractivity contribution in [2.45, 2.75) is 19.5 Å². The fraction of sp³-hybridized carbons (Fsp3) is 0.500. The van der Waals surface area contributed by atoms with Gasteiger partial charge in [-0.05, 0) is 24.1 Å². The molecule has 5 heteroatoms. The molecule has 0 aliphatic rings. The van der Waals surface area contributed by atoms with Gasteiger partial charge in [0.1, 0.15) is 0 Å². The van der Waals surface area contributed by atoms with Gasteiger partial charge in [-0.3, -0.25) is 0 Å². The maximum atomic E-state index is 12.3. The molecule has 0 amide bonds. The highest BCUT2D eigenvalue weighted by molar-refractivity contribution is 5.25. The topological polar surface area (TPSA) is 40.5 Å². The molecule has 1 aromatic carbocycles. The number of aliphatic hydroxyl groups excluding tert-OH is 2. The van der Waals surface area contributed by atoms with Crippen molar-refractivity contribution in [3.05, 3.63) is 35.4 Å². The van der Waals surface area contributed by atoms with Crippen molar-refractivity contribution in [3.8, 4) is 0 Å². The minimum atomic E-state index is -4.34. The molecule has 0 atom stereocenters. The number of halogens is 3. The average Bonchev–Trinajstić information content (AvgIpc) is 2.28. The van der Waals surface area contributed by atoms with E-state index in [0.29, 0.717) is 12.0 Å². The van der Waals surface area contributed by atoms with Gasteiger partial charge >= 0.3 is 6.18 Å². The molecule has 2 nitrogen and oxygen atoms in total. The Balaban J connectivity index is 2.82. The van der Waals surface area contributed by atoms with E-state index in [1.807, 2.05) is 0 Å². The molecule has 1 aromatic rings. The van der Waals surface area contributed by atoms with Crippen LogP contribution in [0, 0.1) is 5.41 Å². The quantitative estimate of drug-likeness (QED) is 0.857. The summed E-state index contributed by atoms with van der Waals surface area (Å²) < 4.78 is 36.9. The second-order valence-electron chi connectivity index (χ2n) is 4.50. The first-order valence-electron chi connectivity index (χ1n) is 5.18. The fourth-order valence-electron chi connectivity index (χ4n) is 1.47. The van der Waals surface area contributed by atoms with Crippen LogP contribution in [0.25, 0.3) is 0 Å². The van der Waals surface area contributed by atoms with Gasteiger partial charge in [0.25, 0.3) is 0 Å². The largest absolute Gasteiger partial charge is 0.416 e. The Hall–Kier alpha value is -1.07. The molecule has 0 unspecified atom stereocenters. The Bertz CT molecular complexity index is 353. The van der Waals surface area contributed by atoms with Crippen molar-refractivity contribution in [2.24, 2.45) is 5.41 Å². The second kappa shape index (κ2) is 5.06. The van der Waals surface area contributed by atoms with Crippen molar-refractivity contribution < 1.29 is 23.4 Å². The molecule has 17 heavy (non-hydrogen) atoms. The summed E-state index contributed by atoms with van der Waals surface area (Å²) in [5, 5.41) is 18.2. The lowest BCUT2D eigenvalue weighted by molar-refractivity contribution is -0.137. The third-order valence-electron chi connectivity index (χ3n) is 2.68. The van der Waals surface area contributed by atoms with E-state index in [0.717, 1.165) is 12.1 Å². The van der Waals surface area contributed by atoms with Crippen molar-refractivity contribution in [1.82, 2.24) is 0 Å².